The number of aryl methyl sites for hydroxylation is 1. The molecule has 2 aromatic rings. The predicted molar refractivity (Wildman–Crippen MR) is 94.7 cm³/mol. The Morgan fingerprint density at radius 2 is 2.04 bits per heavy atom. The van der Waals surface area contributed by atoms with Crippen LogP contribution in [0.4, 0.5) is 14.9 Å². The van der Waals surface area contributed by atoms with Crippen molar-refractivity contribution in [3.63, 3.8) is 0 Å². The first-order valence-electron chi connectivity index (χ1n) is 8.34. The van der Waals surface area contributed by atoms with Gasteiger partial charge in [0.25, 0.3) is 5.91 Å². The lowest BCUT2D eigenvalue weighted by Crippen LogP contribution is -2.41. The molecule has 1 heterocycles. The van der Waals surface area contributed by atoms with Gasteiger partial charge in [0.15, 0.2) is 0 Å². The summed E-state index contributed by atoms with van der Waals surface area (Å²) >= 11 is 1.06. The molecule has 1 aliphatic carbocycles. The van der Waals surface area contributed by atoms with Gasteiger partial charge in [-0.05, 0) is 62.0 Å². The van der Waals surface area contributed by atoms with Gasteiger partial charge >= 0.3 is 6.09 Å². The summed E-state index contributed by atoms with van der Waals surface area (Å²) in [4.78, 5) is 24.8. The summed E-state index contributed by atoms with van der Waals surface area (Å²) in [7, 11) is 0. The van der Waals surface area contributed by atoms with Gasteiger partial charge in [-0.25, -0.2) is 9.18 Å². The van der Waals surface area contributed by atoms with Gasteiger partial charge < -0.3 is 10.1 Å². The van der Waals surface area contributed by atoms with Gasteiger partial charge in [0.2, 0.25) is 0 Å². The van der Waals surface area contributed by atoms with Gasteiger partial charge in [0.1, 0.15) is 16.8 Å². The van der Waals surface area contributed by atoms with E-state index in [4.69, 9.17) is 4.74 Å². The number of halogens is 1. The molecule has 1 aromatic heterocycles. The Bertz CT molecular complexity index is 781. The largest absolute Gasteiger partial charge is 0.446 e. The molecule has 26 heavy (non-hydrogen) atoms. The zero-order valence-corrected chi connectivity index (χ0v) is 15.0. The number of anilines is 1. The Kier molecular flexibility index (Phi) is 5.77. The number of nitrogens with one attached hydrogen (secondary N) is 2. The minimum Gasteiger partial charge on any atom is -0.446 e. The maximum absolute atomic E-state index is 12.9. The van der Waals surface area contributed by atoms with E-state index in [1.54, 1.807) is 6.92 Å². The average molecular weight is 378 g/mol. The van der Waals surface area contributed by atoms with Crippen molar-refractivity contribution in [2.75, 3.05) is 5.32 Å². The standard InChI is InChI=1S/C17H19FN4O3S/c1-10-15(26-22-21-10)16(23)19-13-3-2-4-14(9-13)25-17(24)20-12-7-5-11(18)6-8-12/h5-8,13-14H,2-4,9H2,1H3,(H,19,23)(H,20,24)/t13-,14-/m0/s1. The van der Waals surface area contributed by atoms with Crippen LogP contribution in [0.25, 0.3) is 0 Å². The van der Waals surface area contributed by atoms with E-state index in [0.717, 1.165) is 30.8 Å². The molecule has 0 unspecified atom stereocenters. The fraction of sp³-hybridized carbons (Fsp3) is 0.412. The molecule has 1 aromatic carbocycles. The van der Waals surface area contributed by atoms with E-state index in [1.165, 1.54) is 24.3 Å². The minimum atomic E-state index is -0.587. The first kappa shape index (κ1) is 18.2. The van der Waals surface area contributed by atoms with Crippen molar-refractivity contribution < 1.29 is 18.7 Å². The van der Waals surface area contributed by atoms with E-state index >= 15 is 0 Å². The van der Waals surface area contributed by atoms with Gasteiger partial charge in [-0.2, -0.15) is 0 Å². The second-order valence-electron chi connectivity index (χ2n) is 6.18. The van der Waals surface area contributed by atoms with E-state index in [9.17, 15) is 14.0 Å². The molecule has 0 bridgehead atoms. The molecular weight excluding hydrogens is 359 g/mol. The monoisotopic (exact) mass is 378 g/mol. The molecular formula is C17H19FN4O3S. The van der Waals surface area contributed by atoms with E-state index in [2.05, 4.69) is 20.2 Å². The number of carbonyl (C=O) groups is 2. The van der Waals surface area contributed by atoms with Gasteiger partial charge in [0, 0.05) is 18.2 Å². The first-order valence-corrected chi connectivity index (χ1v) is 9.11. The Hall–Kier alpha value is -2.55. The van der Waals surface area contributed by atoms with Gasteiger partial charge in [-0.15, -0.1) is 5.10 Å². The lowest BCUT2D eigenvalue weighted by Gasteiger charge is -2.29. The molecule has 1 aliphatic rings. The SMILES string of the molecule is Cc1nnsc1C(=O)N[C@H]1CCC[C@H](OC(=O)Nc2ccc(F)cc2)C1. The lowest BCUT2D eigenvalue weighted by atomic mass is 9.93. The zero-order chi connectivity index (χ0) is 18.5. The molecule has 1 fully saturated rings. The molecule has 1 saturated carbocycles. The molecule has 2 N–H and O–H groups in total. The van der Waals surface area contributed by atoms with E-state index in [0.29, 0.717) is 22.7 Å². The summed E-state index contributed by atoms with van der Waals surface area (Å²) < 4.78 is 22.1. The molecule has 0 radical (unpaired) electrons. The van der Waals surface area contributed by atoms with Crippen LogP contribution in [0.2, 0.25) is 0 Å². The van der Waals surface area contributed by atoms with E-state index in [-0.39, 0.29) is 23.9 Å². The van der Waals surface area contributed by atoms with Gasteiger partial charge in [-0.3, -0.25) is 10.1 Å². The molecule has 3 rings (SSSR count). The van der Waals surface area contributed by atoms with Crippen LogP contribution in [0, 0.1) is 12.7 Å². The minimum absolute atomic E-state index is 0.0682. The molecule has 0 saturated heterocycles. The number of hydrogen-bond acceptors (Lipinski definition) is 6. The normalized spacial score (nSPS) is 19.6. The topological polar surface area (TPSA) is 93.2 Å². The number of aromatic nitrogens is 2. The third kappa shape index (κ3) is 4.75. The highest BCUT2D eigenvalue weighted by atomic mass is 32.1. The highest BCUT2D eigenvalue weighted by Crippen LogP contribution is 2.23. The number of amides is 2. The second-order valence-corrected chi connectivity index (χ2v) is 6.94. The fourth-order valence-corrected chi connectivity index (χ4v) is 3.47. The number of nitrogens with zero attached hydrogens (tertiary/aromatic N) is 2. The van der Waals surface area contributed by atoms with Crippen molar-refractivity contribution in [3.05, 3.63) is 40.7 Å². The highest BCUT2D eigenvalue weighted by Gasteiger charge is 2.27. The predicted octanol–water partition coefficient (Wildman–Crippen LogP) is 3.28. The van der Waals surface area contributed by atoms with Crippen LogP contribution in [0.3, 0.4) is 0 Å². The van der Waals surface area contributed by atoms with Gasteiger partial charge in [0.05, 0.1) is 5.69 Å². The molecule has 2 amide bonds. The number of carbonyl (C=O) groups excluding carboxylic acids is 2. The Morgan fingerprint density at radius 3 is 2.73 bits per heavy atom. The fourth-order valence-electron chi connectivity index (χ4n) is 2.91. The number of rotatable bonds is 4. The van der Waals surface area contributed by atoms with E-state index < -0.39 is 6.09 Å². The third-order valence-corrected chi connectivity index (χ3v) is 5.01. The summed E-state index contributed by atoms with van der Waals surface area (Å²) in [6.45, 7) is 1.74. The molecule has 7 nitrogen and oxygen atoms in total. The zero-order valence-electron chi connectivity index (χ0n) is 14.2. The summed E-state index contributed by atoms with van der Waals surface area (Å²) in [5, 5.41) is 9.37. The van der Waals surface area contributed by atoms with Crippen molar-refractivity contribution in [2.24, 2.45) is 0 Å². The second kappa shape index (κ2) is 8.22. The first-order chi connectivity index (χ1) is 12.5. The van der Waals surface area contributed by atoms with Crippen LogP contribution in [0.1, 0.15) is 41.0 Å². The number of ether oxygens (including phenoxy) is 1. The quantitative estimate of drug-likeness (QED) is 0.852. The summed E-state index contributed by atoms with van der Waals surface area (Å²) in [6.07, 6.45) is 2.10. The Labute approximate surface area is 154 Å². The number of benzene rings is 1. The molecule has 2 atom stereocenters. The average Bonchev–Trinajstić information content (AvgIpc) is 3.03. The van der Waals surface area contributed by atoms with Crippen LogP contribution in [-0.4, -0.2) is 33.7 Å². The van der Waals surface area contributed by atoms with Crippen molar-refractivity contribution in [1.82, 2.24) is 14.9 Å². The van der Waals surface area contributed by atoms with Crippen LogP contribution < -0.4 is 10.6 Å². The Balaban J connectivity index is 1.50. The van der Waals surface area contributed by atoms with Crippen LogP contribution in [0.5, 0.6) is 0 Å². The summed E-state index contributed by atoms with van der Waals surface area (Å²) in [5.74, 6) is -0.569. The third-order valence-electron chi connectivity index (χ3n) is 4.18. The van der Waals surface area contributed by atoms with E-state index in [1.807, 2.05) is 0 Å². The summed E-state index contributed by atoms with van der Waals surface area (Å²) in [6, 6.07) is 5.38. The van der Waals surface area contributed by atoms with Crippen molar-refractivity contribution in [3.8, 4) is 0 Å². The summed E-state index contributed by atoms with van der Waals surface area (Å²) in [5.41, 5.74) is 1.07. The molecule has 9 heteroatoms. The van der Waals surface area contributed by atoms with Crippen molar-refractivity contribution in [2.45, 2.75) is 44.8 Å². The van der Waals surface area contributed by atoms with Crippen molar-refractivity contribution >= 4 is 29.2 Å². The highest BCUT2D eigenvalue weighted by molar-refractivity contribution is 7.08. The van der Waals surface area contributed by atoms with Crippen molar-refractivity contribution in [1.29, 1.82) is 0 Å². The Morgan fingerprint density at radius 1 is 1.27 bits per heavy atom. The lowest BCUT2D eigenvalue weighted by molar-refractivity contribution is 0.0714. The maximum Gasteiger partial charge on any atom is 0.411 e. The molecule has 0 spiro atoms. The van der Waals surface area contributed by atoms with Gasteiger partial charge in [-0.1, -0.05) is 4.49 Å². The van der Waals surface area contributed by atoms with Crippen LogP contribution >= 0.6 is 11.5 Å². The molecule has 138 valence electrons. The van der Waals surface area contributed by atoms with Crippen LogP contribution in [-0.2, 0) is 4.74 Å². The smallest absolute Gasteiger partial charge is 0.411 e. The van der Waals surface area contributed by atoms with Crippen LogP contribution in [0.15, 0.2) is 24.3 Å². The number of hydrogen-bond donors (Lipinski definition) is 2. The molecule has 0 aliphatic heterocycles. The maximum atomic E-state index is 12.9.